The summed E-state index contributed by atoms with van der Waals surface area (Å²) in [7, 11) is 1.89. The first-order valence-corrected chi connectivity index (χ1v) is 9.97. The highest BCUT2D eigenvalue weighted by Gasteiger charge is 2.18. The highest BCUT2D eigenvalue weighted by molar-refractivity contribution is 6.33. The van der Waals surface area contributed by atoms with E-state index >= 15 is 0 Å². The van der Waals surface area contributed by atoms with Crippen LogP contribution in [0, 0.1) is 0 Å². The molecule has 0 aliphatic carbocycles. The summed E-state index contributed by atoms with van der Waals surface area (Å²) < 4.78 is 5.78. The van der Waals surface area contributed by atoms with E-state index in [2.05, 4.69) is 12.2 Å². The molecule has 152 valence electrons. The van der Waals surface area contributed by atoms with Crippen molar-refractivity contribution in [1.29, 1.82) is 0 Å². The molecule has 0 spiro atoms. The lowest BCUT2D eigenvalue weighted by Crippen LogP contribution is -2.18. The molecule has 0 saturated heterocycles. The normalized spacial score (nSPS) is 10.4. The summed E-state index contributed by atoms with van der Waals surface area (Å²) in [5.74, 6) is -1.02. The smallest absolute Gasteiger partial charge is 0.337 e. The Morgan fingerprint density at radius 1 is 0.967 bits per heavy atom. The third-order valence-electron chi connectivity index (χ3n) is 4.74. The Labute approximate surface area is 177 Å². The minimum Gasteiger partial charge on any atom is -0.493 e. The van der Waals surface area contributed by atoms with Crippen molar-refractivity contribution in [2.75, 3.05) is 11.9 Å². The van der Waals surface area contributed by atoms with Gasteiger partial charge in [-0.15, -0.1) is 0 Å². The number of benzene rings is 3. The van der Waals surface area contributed by atoms with Crippen molar-refractivity contribution in [3.8, 4) is 16.9 Å². The van der Waals surface area contributed by atoms with Crippen molar-refractivity contribution < 1.29 is 19.4 Å². The van der Waals surface area contributed by atoms with Gasteiger partial charge in [-0.2, -0.15) is 0 Å². The molecule has 6 heteroatoms. The second-order valence-corrected chi connectivity index (χ2v) is 7.09. The predicted molar refractivity (Wildman–Crippen MR) is 122 cm³/mol. The van der Waals surface area contributed by atoms with Gasteiger partial charge in [-0.1, -0.05) is 67.3 Å². The van der Waals surface area contributed by atoms with E-state index in [-0.39, 0.29) is 11.3 Å². The average molecular weight is 401 g/mol. The third kappa shape index (κ3) is 5.09. The van der Waals surface area contributed by atoms with Crippen LogP contribution in [0.4, 0.5) is 5.69 Å². The van der Waals surface area contributed by atoms with E-state index in [0.717, 1.165) is 29.4 Å². The number of amides is 1. The highest BCUT2D eigenvalue weighted by atomic mass is 16.5. The van der Waals surface area contributed by atoms with Gasteiger partial charge in [-0.05, 0) is 35.7 Å². The number of carboxylic acids is 1. The van der Waals surface area contributed by atoms with Crippen molar-refractivity contribution in [2.45, 2.75) is 19.8 Å². The van der Waals surface area contributed by atoms with E-state index < -0.39 is 11.9 Å². The van der Waals surface area contributed by atoms with Gasteiger partial charge in [0.05, 0.1) is 23.4 Å². The van der Waals surface area contributed by atoms with Gasteiger partial charge in [0, 0.05) is 0 Å². The number of rotatable bonds is 8. The summed E-state index contributed by atoms with van der Waals surface area (Å²) in [4.78, 5) is 24.8. The van der Waals surface area contributed by atoms with Gasteiger partial charge in [0.2, 0.25) is 0 Å². The van der Waals surface area contributed by atoms with E-state index in [0.29, 0.717) is 17.9 Å². The van der Waals surface area contributed by atoms with E-state index in [1.165, 1.54) is 6.07 Å². The van der Waals surface area contributed by atoms with Gasteiger partial charge in [-0.25, -0.2) is 4.79 Å². The fourth-order valence-corrected chi connectivity index (χ4v) is 3.11. The van der Waals surface area contributed by atoms with Crippen LogP contribution in [0.1, 0.15) is 40.5 Å². The molecule has 0 aromatic heterocycles. The summed E-state index contributed by atoms with van der Waals surface area (Å²) in [6.07, 6.45) is 1.87. The fourth-order valence-electron chi connectivity index (χ4n) is 3.11. The van der Waals surface area contributed by atoms with Crippen LogP contribution < -0.4 is 15.5 Å². The van der Waals surface area contributed by atoms with Gasteiger partial charge >= 0.3 is 5.97 Å². The summed E-state index contributed by atoms with van der Waals surface area (Å²) in [5.41, 5.74) is 3.33. The molecule has 3 aromatic carbocycles. The second-order valence-electron chi connectivity index (χ2n) is 7.09. The van der Waals surface area contributed by atoms with E-state index in [9.17, 15) is 14.7 Å². The van der Waals surface area contributed by atoms with Gasteiger partial charge in [0.1, 0.15) is 13.6 Å². The number of hydrogen-bond acceptors (Lipinski definition) is 3. The Bertz CT molecular complexity index is 1050. The zero-order chi connectivity index (χ0) is 21.5. The molecule has 0 bridgehead atoms. The van der Waals surface area contributed by atoms with Crippen molar-refractivity contribution in [1.82, 2.24) is 0 Å². The molecular formula is C24H24BNO4. The fraction of sp³-hybridized carbons (Fsp3) is 0.167. The molecule has 1 amide bonds. The summed E-state index contributed by atoms with van der Waals surface area (Å²) >= 11 is 0. The van der Waals surface area contributed by atoms with E-state index in [1.54, 1.807) is 24.3 Å². The number of carboxylic acid groups (broad SMARTS) is 1. The molecule has 2 N–H and O–H groups in total. The Kier molecular flexibility index (Phi) is 6.91. The molecule has 0 unspecified atom stereocenters. The van der Waals surface area contributed by atoms with Gasteiger partial charge in [0.15, 0.2) is 0 Å². The van der Waals surface area contributed by atoms with Crippen molar-refractivity contribution in [2.24, 2.45) is 0 Å². The lowest BCUT2D eigenvalue weighted by atomic mass is 9.93. The van der Waals surface area contributed by atoms with Crippen LogP contribution >= 0.6 is 0 Å². The Morgan fingerprint density at radius 3 is 2.43 bits per heavy atom. The maximum absolute atomic E-state index is 13.1. The number of ether oxygens (including phenoxy) is 1. The van der Waals surface area contributed by atoms with Crippen LogP contribution in [0.25, 0.3) is 11.1 Å². The standard InChI is InChI=1S/C24H24BNO4/c1-2-3-13-30-22-12-10-18(25)15-20(22)23(27)26-21-14-17(9-11-19(21)24(28)29)16-7-5-4-6-8-16/h4-12,14-15H,2-3,13,25H2,1H3,(H,26,27)(H,28,29). The van der Waals surface area contributed by atoms with Crippen LogP contribution in [0.5, 0.6) is 5.75 Å². The van der Waals surface area contributed by atoms with Crippen molar-refractivity contribution in [3.63, 3.8) is 0 Å². The van der Waals surface area contributed by atoms with Gasteiger partial charge in [-0.3, -0.25) is 4.79 Å². The zero-order valence-electron chi connectivity index (χ0n) is 17.1. The molecule has 0 heterocycles. The lowest BCUT2D eigenvalue weighted by molar-refractivity contribution is 0.0698. The third-order valence-corrected chi connectivity index (χ3v) is 4.74. The largest absolute Gasteiger partial charge is 0.493 e. The molecule has 0 radical (unpaired) electrons. The minimum absolute atomic E-state index is 0.0316. The van der Waals surface area contributed by atoms with Crippen LogP contribution in [-0.4, -0.2) is 31.4 Å². The molecule has 0 fully saturated rings. The summed E-state index contributed by atoms with van der Waals surface area (Å²) in [5, 5.41) is 12.4. The SMILES string of the molecule is Bc1ccc(OCCCC)c(C(=O)Nc2cc(-c3ccccc3)ccc2C(=O)O)c1. The predicted octanol–water partition coefficient (Wildman–Crippen LogP) is 3.74. The number of hydrogen-bond donors (Lipinski definition) is 2. The Hall–Kier alpha value is -3.54. The van der Waals surface area contributed by atoms with Gasteiger partial charge in [0.25, 0.3) is 5.91 Å². The molecule has 3 rings (SSSR count). The number of nitrogens with one attached hydrogen (secondary N) is 1. The van der Waals surface area contributed by atoms with Gasteiger partial charge < -0.3 is 15.2 Å². The molecule has 5 nitrogen and oxygen atoms in total. The Morgan fingerprint density at radius 2 is 1.73 bits per heavy atom. The quantitative estimate of drug-likeness (QED) is 0.446. The lowest BCUT2D eigenvalue weighted by Gasteiger charge is -2.14. The average Bonchev–Trinajstić information content (AvgIpc) is 2.75. The molecule has 30 heavy (non-hydrogen) atoms. The zero-order valence-corrected chi connectivity index (χ0v) is 17.1. The number of carbonyl (C=O) groups is 2. The first-order valence-electron chi connectivity index (χ1n) is 9.97. The van der Waals surface area contributed by atoms with Crippen LogP contribution in [-0.2, 0) is 0 Å². The molecule has 0 atom stereocenters. The minimum atomic E-state index is -1.10. The molecule has 3 aromatic rings. The van der Waals surface area contributed by atoms with Crippen molar-refractivity contribution >= 4 is 30.9 Å². The number of carbonyl (C=O) groups excluding carboxylic acids is 1. The molecule has 0 aliphatic heterocycles. The topological polar surface area (TPSA) is 75.6 Å². The molecule has 0 aliphatic rings. The first-order chi connectivity index (χ1) is 14.5. The monoisotopic (exact) mass is 401 g/mol. The maximum Gasteiger partial charge on any atom is 0.337 e. The number of unbranched alkanes of at least 4 members (excludes halogenated alkanes) is 1. The number of aromatic carboxylic acids is 1. The van der Waals surface area contributed by atoms with Crippen molar-refractivity contribution in [3.05, 3.63) is 77.9 Å². The van der Waals surface area contributed by atoms with Crippen LogP contribution in [0.3, 0.4) is 0 Å². The Balaban J connectivity index is 1.94. The summed E-state index contributed by atoms with van der Waals surface area (Å²) in [6, 6.07) is 19.9. The number of anilines is 1. The van der Waals surface area contributed by atoms with Crippen LogP contribution in [0.2, 0.25) is 0 Å². The van der Waals surface area contributed by atoms with Crippen LogP contribution in [0.15, 0.2) is 66.7 Å². The second kappa shape index (κ2) is 9.79. The van der Waals surface area contributed by atoms with E-state index in [1.807, 2.05) is 44.2 Å². The maximum atomic E-state index is 13.1. The summed E-state index contributed by atoms with van der Waals surface area (Å²) in [6.45, 7) is 2.59. The highest BCUT2D eigenvalue weighted by Crippen LogP contribution is 2.27. The molecular weight excluding hydrogens is 377 g/mol. The molecule has 0 saturated carbocycles. The van der Waals surface area contributed by atoms with E-state index in [4.69, 9.17) is 4.74 Å². The first kappa shape index (κ1) is 21.2.